The molecule has 0 aliphatic carbocycles. The van der Waals surface area contributed by atoms with Crippen molar-refractivity contribution in [2.75, 3.05) is 19.5 Å². The zero-order valence-corrected chi connectivity index (χ0v) is 17.9. The van der Waals surface area contributed by atoms with Gasteiger partial charge < -0.3 is 14.2 Å². The Kier molecular flexibility index (Phi) is 6.27. The molecule has 8 nitrogen and oxygen atoms in total. The topological polar surface area (TPSA) is 99.2 Å². The number of benzene rings is 2. The van der Waals surface area contributed by atoms with Gasteiger partial charge in [-0.2, -0.15) is 0 Å². The van der Waals surface area contributed by atoms with Crippen molar-refractivity contribution < 1.29 is 33.4 Å². The summed E-state index contributed by atoms with van der Waals surface area (Å²) < 4.78 is 15.3. The molecule has 1 saturated heterocycles. The first-order valence-electron chi connectivity index (χ1n) is 9.74. The molecule has 0 spiro atoms. The Morgan fingerprint density at radius 1 is 1.03 bits per heavy atom. The largest absolute Gasteiger partial charge is 0.508 e. The molecule has 2 aliphatic heterocycles. The monoisotopic (exact) mass is 453 g/mol. The number of rotatable bonds is 6. The summed E-state index contributed by atoms with van der Waals surface area (Å²) in [5.41, 5.74) is 1.78. The van der Waals surface area contributed by atoms with E-state index in [2.05, 4.69) is 4.74 Å². The Morgan fingerprint density at radius 2 is 1.62 bits per heavy atom. The van der Waals surface area contributed by atoms with Crippen LogP contribution in [0.25, 0.3) is 0 Å². The van der Waals surface area contributed by atoms with Crippen LogP contribution in [0.5, 0.6) is 0 Å². The number of ketones is 1. The van der Waals surface area contributed by atoms with Crippen LogP contribution < -0.4 is 0 Å². The summed E-state index contributed by atoms with van der Waals surface area (Å²) in [4.78, 5) is 50.1. The molecule has 0 radical (unpaired) electrons. The lowest BCUT2D eigenvalue weighted by molar-refractivity contribution is -0.158. The minimum atomic E-state index is -0.921. The molecule has 1 fully saturated rings. The van der Waals surface area contributed by atoms with Crippen LogP contribution in [0.4, 0.5) is 4.79 Å². The van der Waals surface area contributed by atoms with Crippen LogP contribution in [0.2, 0.25) is 0 Å². The highest BCUT2D eigenvalue weighted by molar-refractivity contribution is 8.01. The normalized spacial score (nSPS) is 17.6. The first-order chi connectivity index (χ1) is 15.5. The molecule has 2 aliphatic rings. The third-order valence-corrected chi connectivity index (χ3v) is 6.29. The van der Waals surface area contributed by atoms with E-state index in [-0.39, 0.29) is 18.1 Å². The molecule has 2 aromatic carbocycles. The molecule has 0 N–H and O–H groups in total. The number of Topliss-reactive ketones (excluding diaryl/α,β-unsaturated/α-hetero) is 1. The van der Waals surface area contributed by atoms with E-state index in [1.165, 1.54) is 18.9 Å². The molecule has 0 bridgehead atoms. The van der Waals surface area contributed by atoms with Crippen molar-refractivity contribution in [3.8, 4) is 0 Å². The maximum Gasteiger partial charge on any atom is 0.508 e. The Hall–Kier alpha value is -3.59. The number of fused-ring (bicyclic) bond motifs is 1. The Balaban J connectivity index is 1.68. The van der Waals surface area contributed by atoms with E-state index in [4.69, 9.17) is 9.47 Å². The highest BCUT2D eigenvalue weighted by Crippen LogP contribution is 2.39. The number of amides is 1. The van der Waals surface area contributed by atoms with Crippen molar-refractivity contribution in [3.63, 3.8) is 0 Å². The number of methoxy groups -OCH3 is 1. The molecule has 32 heavy (non-hydrogen) atoms. The zero-order chi connectivity index (χ0) is 22.7. The third-order valence-electron chi connectivity index (χ3n) is 5.03. The number of carbonyl (C=O) groups is 4. The SMILES string of the molecule is COC(=O)OCC1=C(C(=O)OC(c2ccccc2)c2ccccc2)N2C(=O)C(=O)[C@H]2SC1. The first-order valence-corrected chi connectivity index (χ1v) is 10.8. The zero-order valence-electron chi connectivity index (χ0n) is 17.1. The van der Waals surface area contributed by atoms with E-state index in [1.807, 2.05) is 60.7 Å². The van der Waals surface area contributed by atoms with Gasteiger partial charge in [-0.3, -0.25) is 14.5 Å². The van der Waals surface area contributed by atoms with Crippen molar-refractivity contribution in [1.29, 1.82) is 0 Å². The fraction of sp³-hybridized carbons (Fsp3) is 0.217. The van der Waals surface area contributed by atoms with Crippen molar-refractivity contribution in [1.82, 2.24) is 4.90 Å². The van der Waals surface area contributed by atoms with Gasteiger partial charge in [0.25, 0.3) is 11.7 Å². The van der Waals surface area contributed by atoms with E-state index < -0.39 is 35.3 Å². The maximum atomic E-state index is 13.4. The maximum absolute atomic E-state index is 13.4. The number of thioether (sulfide) groups is 1. The van der Waals surface area contributed by atoms with E-state index >= 15 is 0 Å². The minimum Gasteiger partial charge on any atom is -0.448 e. The summed E-state index contributed by atoms with van der Waals surface area (Å²) in [5, 5.41) is -0.779. The highest BCUT2D eigenvalue weighted by Gasteiger charge is 2.53. The van der Waals surface area contributed by atoms with E-state index in [0.29, 0.717) is 5.57 Å². The van der Waals surface area contributed by atoms with Crippen LogP contribution in [-0.4, -0.2) is 53.6 Å². The van der Waals surface area contributed by atoms with Crippen molar-refractivity contribution in [2.45, 2.75) is 11.5 Å². The quantitative estimate of drug-likeness (QED) is 0.374. The first kappa shape index (κ1) is 21.6. The lowest BCUT2D eigenvalue weighted by Crippen LogP contribution is -2.62. The molecule has 2 heterocycles. The number of carbonyl (C=O) groups excluding carboxylic acids is 4. The van der Waals surface area contributed by atoms with Gasteiger partial charge >= 0.3 is 12.1 Å². The molecule has 0 saturated carbocycles. The van der Waals surface area contributed by atoms with E-state index in [0.717, 1.165) is 16.0 Å². The molecule has 2 aromatic rings. The second kappa shape index (κ2) is 9.27. The van der Waals surface area contributed by atoms with Crippen LogP contribution in [0.1, 0.15) is 17.2 Å². The summed E-state index contributed by atoms with van der Waals surface area (Å²) in [6, 6.07) is 18.4. The summed E-state index contributed by atoms with van der Waals surface area (Å²) in [7, 11) is 1.17. The second-order valence-corrected chi connectivity index (χ2v) is 8.07. The van der Waals surface area contributed by atoms with Crippen LogP contribution in [0.15, 0.2) is 71.9 Å². The molecule has 1 amide bonds. The second-order valence-electron chi connectivity index (χ2n) is 7.00. The lowest BCUT2D eigenvalue weighted by atomic mass is 10.0. The standard InChI is InChI=1S/C23H19NO7S/c1-29-23(28)30-12-16-13-32-21-18(25)20(26)24(21)17(16)22(27)31-19(14-8-4-2-5-9-14)15-10-6-3-7-11-15/h2-11,19,21H,12-13H2,1H3/t21-/m1/s1. The van der Waals surface area contributed by atoms with Gasteiger partial charge in [0.05, 0.1) is 7.11 Å². The number of ether oxygens (including phenoxy) is 3. The van der Waals surface area contributed by atoms with Gasteiger partial charge in [0.15, 0.2) is 11.5 Å². The molecular formula is C23H19NO7S. The van der Waals surface area contributed by atoms with Crippen LogP contribution >= 0.6 is 11.8 Å². The molecule has 1 atom stereocenters. The summed E-state index contributed by atoms with van der Waals surface area (Å²) in [5.74, 6) is -1.92. The van der Waals surface area contributed by atoms with Crippen molar-refractivity contribution >= 4 is 35.6 Å². The summed E-state index contributed by atoms with van der Waals surface area (Å²) in [6.07, 6.45) is -1.66. The summed E-state index contributed by atoms with van der Waals surface area (Å²) >= 11 is 1.18. The van der Waals surface area contributed by atoms with Gasteiger partial charge in [-0.25, -0.2) is 9.59 Å². The molecule has 4 rings (SSSR count). The molecular weight excluding hydrogens is 434 g/mol. The fourth-order valence-electron chi connectivity index (χ4n) is 3.47. The lowest BCUT2D eigenvalue weighted by Gasteiger charge is -2.42. The Morgan fingerprint density at radius 3 is 2.19 bits per heavy atom. The average molecular weight is 453 g/mol. The van der Waals surface area contributed by atoms with Crippen molar-refractivity contribution in [2.24, 2.45) is 0 Å². The van der Waals surface area contributed by atoms with E-state index in [9.17, 15) is 19.2 Å². The molecule has 0 unspecified atom stereocenters. The van der Waals surface area contributed by atoms with Gasteiger partial charge in [-0.15, -0.1) is 11.8 Å². The number of hydrogen-bond acceptors (Lipinski definition) is 8. The van der Waals surface area contributed by atoms with Crippen LogP contribution in [0, 0.1) is 0 Å². The molecule has 0 aromatic heterocycles. The number of β-lactam (4-membered cyclic amide) rings is 1. The smallest absolute Gasteiger partial charge is 0.448 e. The van der Waals surface area contributed by atoms with Gasteiger partial charge in [0.2, 0.25) is 0 Å². The Labute approximate surface area is 188 Å². The molecule has 164 valence electrons. The summed E-state index contributed by atoms with van der Waals surface area (Å²) in [6.45, 7) is -0.268. The number of nitrogens with zero attached hydrogens (tertiary/aromatic N) is 1. The average Bonchev–Trinajstić information content (AvgIpc) is 2.85. The van der Waals surface area contributed by atoms with Crippen LogP contribution in [0.3, 0.4) is 0 Å². The van der Waals surface area contributed by atoms with Gasteiger partial charge in [0.1, 0.15) is 12.3 Å². The predicted octanol–water partition coefficient (Wildman–Crippen LogP) is 2.84. The Bertz CT molecular complexity index is 1040. The predicted molar refractivity (Wildman–Crippen MR) is 114 cm³/mol. The minimum absolute atomic E-state index is 0.0703. The van der Waals surface area contributed by atoms with Gasteiger partial charge in [0, 0.05) is 11.3 Å². The van der Waals surface area contributed by atoms with Crippen LogP contribution in [-0.2, 0) is 28.6 Å². The number of esters is 1. The third kappa shape index (κ3) is 4.11. The van der Waals surface area contributed by atoms with Crippen molar-refractivity contribution in [3.05, 3.63) is 83.1 Å². The highest BCUT2D eigenvalue weighted by atomic mass is 32.2. The molecule has 9 heteroatoms. The van der Waals surface area contributed by atoms with E-state index in [1.54, 1.807) is 0 Å². The van der Waals surface area contributed by atoms with Gasteiger partial charge in [-0.1, -0.05) is 60.7 Å². The van der Waals surface area contributed by atoms with Gasteiger partial charge in [-0.05, 0) is 11.1 Å². The number of hydrogen-bond donors (Lipinski definition) is 0. The fourth-order valence-corrected chi connectivity index (χ4v) is 4.66.